The van der Waals surface area contributed by atoms with Crippen LogP contribution in [0.5, 0.6) is 11.5 Å². The second-order valence-electron chi connectivity index (χ2n) is 6.97. The van der Waals surface area contributed by atoms with Crippen molar-refractivity contribution < 1.29 is 28.9 Å². The van der Waals surface area contributed by atoms with Gasteiger partial charge in [0.15, 0.2) is 0 Å². The molecule has 1 fully saturated rings. The number of aromatic hydroxyl groups is 1. The van der Waals surface area contributed by atoms with Crippen molar-refractivity contribution in [2.75, 3.05) is 12.0 Å². The van der Waals surface area contributed by atoms with Crippen molar-refractivity contribution in [1.29, 1.82) is 0 Å². The van der Waals surface area contributed by atoms with E-state index >= 15 is 0 Å². The molecule has 3 aromatic rings. The Labute approximate surface area is 177 Å². The molecule has 1 heterocycles. The van der Waals surface area contributed by atoms with Crippen LogP contribution in [0.15, 0.2) is 78.4 Å². The fourth-order valence-corrected chi connectivity index (χ4v) is 3.59. The van der Waals surface area contributed by atoms with Gasteiger partial charge in [0, 0.05) is 17.3 Å². The second kappa shape index (κ2) is 7.95. The van der Waals surface area contributed by atoms with Gasteiger partial charge in [-0.2, -0.15) is 0 Å². The van der Waals surface area contributed by atoms with Gasteiger partial charge in [-0.05, 0) is 54.1 Å². The molecule has 0 spiro atoms. The number of rotatable bonds is 4. The number of nitrogens with zero attached hydrogens (tertiary/aromatic N) is 1. The molecule has 7 heteroatoms. The van der Waals surface area contributed by atoms with Crippen molar-refractivity contribution in [3.63, 3.8) is 0 Å². The summed E-state index contributed by atoms with van der Waals surface area (Å²) in [5.74, 6) is -2.11. The maximum Gasteiger partial charge on any atom is 0.300 e. The van der Waals surface area contributed by atoms with E-state index in [1.165, 1.54) is 36.3 Å². The minimum absolute atomic E-state index is 0.0145. The Kier molecular flexibility index (Phi) is 5.17. The lowest BCUT2D eigenvalue weighted by Gasteiger charge is -2.25. The van der Waals surface area contributed by atoms with E-state index in [1.807, 2.05) is 0 Å². The number of aliphatic hydroxyl groups excluding tert-OH is 1. The van der Waals surface area contributed by atoms with Gasteiger partial charge in [0.05, 0.1) is 18.7 Å². The highest BCUT2D eigenvalue weighted by Gasteiger charge is 2.47. The molecule has 2 N–H and O–H groups in total. The lowest BCUT2D eigenvalue weighted by molar-refractivity contribution is -0.132. The van der Waals surface area contributed by atoms with Crippen molar-refractivity contribution in [3.05, 3.63) is 95.3 Å². The molecule has 31 heavy (non-hydrogen) atoms. The molecule has 1 saturated heterocycles. The van der Waals surface area contributed by atoms with Crippen molar-refractivity contribution in [3.8, 4) is 11.5 Å². The number of hydrogen-bond acceptors (Lipinski definition) is 5. The van der Waals surface area contributed by atoms with Crippen molar-refractivity contribution in [2.45, 2.75) is 6.04 Å². The number of carbonyl (C=O) groups is 2. The van der Waals surface area contributed by atoms with E-state index in [2.05, 4.69) is 0 Å². The van der Waals surface area contributed by atoms with Gasteiger partial charge in [-0.1, -0.05) is 18.2 Å². The molecule has 0 saturated carbocycles. The summed E-state index contributed by atoms with van der Waals surface area (Å²) >= 11 is 0. The van der Waals surface area contributed by atoms with E-state index in [0.29, 0.717) is 17.0 Å². The normalized spacial score (nSPS) is 17.7. The number of anilines is 1. The number of halogens is 1. The molecule has 156 valence electrons. The second-order valence-corrected chi connectivity index (χ2v) is 6.97. The lowest BCUT2D eigenvalue weighted by Crippen LogP contribution is -2.29. The van der Waals surface area contributed by atoms with E-state index < -0.39 is 29.3 Å². The zero-order chi connectivity index (χ0) is 22.1. The van der Waals surface area contributed by atoms with Gasteiger partial charge in [-0.25, -0.2) is 4.39 Å². The average Bonchev–Trinajstić information content (AvgIpc) is 3.05. The molecule has 1 amide bonds. The number of methoxy groups -OCH3 is 1. The highest BCUT2D eigenvalue weighted by molar-refractivity contribution is 6.51. The average molecular weight is 419 g/mol. The van der Waals surface area contributed by atoms with E-state index in [-0.39, 0.29) is 16.9 Å². The SMILES string of the molecule is COc1cccc(N2C(=O)C(=O)/C(=C(/O)c3ccc(F)cc3)C2c2ccc(O)cc2)c1. The molecule has 1 aliphatic rings. The molecule has 0 bridgehead atoms. The van der Waals surface area contributed by atoms with Gasteiger partial charge in [0.2, 0.25) is 0 Å². The molecule has 0 radical (unpaired) electrons. The molecule has 0 aromatic heterocycles. The third kappa shape index (κ3) is 3.61. The maximum absolute atomic E-state index is 13.3. The summed E-state index contributed by atoms with van der Waals surface area (Å²) in [6.07, 6.45) is 0. The molecule has 4 rings (SSSR count). The molecular formula is C24H18FNO5. The number of Topliss-reactive ketones (excluding diaryl/α,β-unsaturated/α-hetero) is 1. The number of amides is 1. The van der Waals surface area contributed by atoms with Gasteiger partial charge in [-0.15, -0.1) is 0 Å². The first-order valence-corrected chi connectivity index (χ1v) is 9.40. The number of carbonyl (C=O) groups excluding carboxylic acids is 2. The van der Waals surface area contributed by atoms with Crippen LogP contribution in [0.25, 0.3) is 5.76 Å². The number of phenolic OH excluding ortho intramolecular Hbond substituents is 1. The van der Waals surface area contributed by atoms with Crippen LogP contribution in [-0.4, -0.2) is 29.0 Å². The van der Waals surface area contributed by atoms with Crippen molar-refractivity contribution in [2.24, 2.45) is 0 Å². The van der Waals surface area contributed by atoms with Gasteiger partial charge in [0.25, 0.3) is 11.7 Å². The van der Waals surface area contributed by atoms with Gasteiger partial charge < -0.3 is 14.9 Å². The molecular weight excluding hydrogens is 401 g/mol. The highest BCUT2D eigenvalue weighted by Crippen LogP contribution is 2.43. The minimum atomic E-state index is -0.960. The smallest absolute Gasteiger partial charge is 0.300 e. The number of hydrogen-bond donors (Lipinski definition) is 2. The Bertz CT molecular complexity index is 1190. The predicted molar refractivity (Wildman–Crippen MR) is 112 cm³/mol. The van der Waals surface area contributed by atoms with Crippen LogP contribution in [0.2, 0.25) is 0 Å². The summed E-state index contributed by atoms with van der Waals surface area (Å²) in [5.41, 5.74) is 0.972. The molecule has 6 nitrogen and oxygen atoms in total. The van der Waals surface area contributed by atoms with Crippen LogP contribution in [0, 0.1) is 5.82 Å². The van der Waals surface area contributed by atoms with Crippen LogP contribution in [0.3, 0.4) is 0 Å². The topological polar surface area (TPSA) is 87.1 Å². The first kappa shape index (κ1) is 20.2. The van der Waals surface area contributed by atoms with Crippen LogP contribution in [0.1, 0.15) is 17.2 Å². The minimum Gasteiger partial charge on any atom is -0.508 e. The summed E-state index contributed by atoms with van der Waals surface area (Å²) in [6, 6.07) is 16.6. The van der Waals surface area contributed by atoms with Gasteiger partial charge in [0.1, 0.15) is 23.1 Å². The molecule has 3 aromatic carbocycles. The zero-order valence-corrected chi connectivity index (χ0v) is 16.4. The number of benzene rings is 3. The Morgan fingerprint density at radius 1 is 1.00 bits per heavy atom. The highest BCUT2D eigenvalue weighted by atomic mass is 19.1. The van der Waals surface area contributed by atoms with Crippen molar-refractivity contribution >= 4 is 23.1 Å². The number of aliphatic hydroxyl groups is 1. The number of phenols is 1. The first-order valence-electron chi connectivity index (χ1n) is 9.40. The summed E-state index contributed by atoms with van der Waals surface area (Å²) in [4.78, 5) is 27.3. The van der Waals surface area contributed by atoms with Gasteiger partial charge in [-0.3, -0.25) is 14.5 Å². The first-order chi connectivity index (χ1) is 14.9. The predicted octanol–water partition coefficient (Wildman–Crippen LogP) is 4.17. The summed E-state index contributed by atoms with van der Waals surface area (Å²) < 4.78 is 18.6. The van der Waals surface area contributed by atoms with E-state index in [4.69, 9.17) is 4.74 Å². The molecule has 1 atom stereocenters. The van der Waals surface area contributed by atoms with Crippen molar-refractivity contribution in [1.82, 2.24) is 0 Å². The van der Waals surface area contributed by atoms with E-state index in [0.717, 1.165) is 12.1 Å². The van der Waals surface area contributed by atoms with Crippen LogP contribution in [-0.2, 0) is 9.59 Å². The standard InChI is InChI=1S/C24H18FNO5/c1-31-19-4-2-3-17(13-19)26-21(14-7-11-18(27)12-8-14)20(23(29)24(26)30)22(28)15-5-9-16(25)10-6-15/h2-13,21,27-28H,1H3/b22-20+. The Morgan fingerprint density at radius 2 is 1.68 bits per heavy atom. The summed E-state index contributed by atoms with van der Waals surface area (Å²) in [7, 11) is 1.49. The fraction of sp³-hybridized carbons (Fsp3) is 0.0833. The Hall–Kier alpha value is -4.13. The molecule has 1 unspecified atom stereocenters. The summed E-state index contributed by atoms with van der Waals surface area (Å²) in [6.45, 7) is 0. The van der Waals surface area contributed by atoms with Crippen LogP contribution in [0.4, 0.5) is 10.1 Å². The summed E-state index contributed by atoms with van der Waals surface area (Å²) in [5, 5.41) is 20.6. The quantitative estimate of drug-likeness (QED) is 0.377. The Morgan fingerprint density at radius 3 is 2.32 bits per heavy atom. The molecule has 0 aliphatic carbocycles. The fourth-order valence-electron chi connectivity index (χ4n) is 3.59. The maximum atomic E-state index is 13.3. The Balaban J connectivity index is 1.94. The van der Waals surface area contributed by atoms with E-state index in [1.54, 1.807) is 36.4 Å². The van der Waals surface area contributed by atoms with Crippen LogP contribution >= 0.6 is 0 Å². The molecule has 1 aliphatic heterocycles. The third-order valence-corrected chi connectivity index (χ3v) is 5.10. The lowest BCUT2D eigenvalue weighted by atomic mass is 9.95. The number of ketones is 1. The third-order valence-electron chi connectivity index (χ3n) is 5.10. The van der Waals surface area contributed by atoms with Gasteiger partial charge >= 0.3 is 0 Å². The number of ether oxygens (including phenoxy) is 1. The zero-order valence-electron chi connectivity index (χ0n) is 16.4. The van der Waals surface area contributed by atoms with Crippen LogP contribution < -0.4 is 9.64 Å². The van der Waals surface area contributed by atoms with E-state index in [9.17, 15) is 24.2 Å². The monoisotopic (exact) mass is 419 g/mol. The largest absolute Gasteiger partial charge is 0.508 e.